The molecule has 4 rings (SSSR count). The van der Waals surface area contributed by atoms with Crippen molar-refractivity contribution in [3.05, 3.63) is 26.6 Å². The van der Waals surface area contributed by atoms with Gasteiger partial charge >= 0.3 is 0 Å². The molecule has 6 nitrogen and oxygen atoms in total. The summed E-state index contributed by atoms with van der Waals surface area (Å²) in [5.74, 6) is 1.79. The first-order chi connectivity index (χ1) is 11.8. The summed E-state index contributed by atoms with van der Waals surface area (Å²) in [6.45, 7) is 4.23. The second-order valence-corrected chi connectivity index (χ2v) is 10.9. The summed E-state index contributed by atoms with van der Waals surface area (Å²) >= 11 is 1.65. The van der Waals surface area contributed by atoms with E-state index in [1.54, 1.807) is 11.3 Å². The number of H-pyrrole nitrogens is 1. The second-order valence-electron chi connectivity index (χ2n) is 7.63. The molecule has 1 aliphatic heterocycles. The van der Waals surface area contributed by atoms with Gasteiger partial charge in [0, 0.05) is 11.3 Å². The summed E-state index contributed by atoms with van der Waals surface area (Å²) in [5, 5.41) is 2.80. The van der Waals surface area contributed by atoms with Crippen LogP contribution < -0.4 is 10.9 Å². The minimum Gasteiger partial charge on any atom is -0.334 e. The van der Waals surface area contributed by atoms with Gasteiger partial charge in [0.2, 0.25) is 0 Å². The Bertz CT molecular complexity index is 977. The van der Waals surface area contributed by atoms with Gasteiger partial charge < -0.3 is 10.3 Å². The summed E-state index contributed by atoms with van der Waals surface area (Å²) in [7, 11) is -2.90. The van der Waals surface area contributed by atoms with E-state index in [-0.39, 0.29) is 29.1 Å². The molecule has 2 aromatic heterocycles. The number of nitrogens with zero attached hydrogens (tertiary/aromatic N) is 1. The van der Waals surface area contributed by atoms with Gasteiger partial charge in [0.05, 0.1) is 11.1 Å². The normalized spacial score (nSPS) is 26.6. The van der Waals surface area contributed by atoms with E-state index in [1.807, 2.05) is 12.2 Å². The average molecular weight is 383 g/mol. The lowest BCUT2D eigenvalue weighted by Crippen LogP contribution is -2.91. The fourth-order valence-electron chi connectivity index (χ4n) is 4.06. The van der Waals surface area contributed by atoms with Gasteiger partial charge in [-0.3, -0.25) is 4.79 Å². The van der Waals surface area contributed by atoms with Crippen molar-refractivity contribution in [1.29, 1.82) is 0 Å². The number of nitrogens with two attached hydrogens (primary N) is 1. The maximum absolute atomic E-state index is 12.7. The van der Waals surface area contributed by atoms with Crippen molar-refractivity contribution in [2.75, 3.05) is 11.5 Å². The number of hydrogen-bond donors (Lipinski definition) is 2. The maximum atomic E-state index is 12.7. The Morgan fingerprint density at radius 3 is 2.88 bits per heavy atom. The van der Waals surface area contributed by atoms with Gasteiger partial charge in [0.1, 0.15) is 22.7 Å². The number of rotatable bonds is 3. The Balaban J connectivity index is 1.64. The molecule has 0 spiro atoms. The highest BCUT2D eigenvalue weighted by Crippen LogP contribution is 2.35. The minimum absolute atomic E-state index is 0.0497. The largest absolute Gasteiger partial charge is 0.334 e. The van der Waals surface area contributed by atoms with Crippen LogP contribution in [0, 0.1) is 5.92 Å². The van der Waals surface area contributed by atoms with E-state index in [0.717, 1.165) is 29.5 Å². The molecule has 2 aromatic rings. The molecule has 1 fully saturated rings. The number of aromatic nitrogens is 2. The number of aromatic amines is 1. The van der Waals surface area contributed by atoms with Crippen molar-refractivity contribution in [3.63, 3.8) is 0 Å². The number of hydrogen-bond acceptors (Lipinski definition) is 5. The lowest BCUT2D eigenvalue weighted by atomic mass is 9.89. The number of fused-ring (bicyclic) bond motifs is 3. The van der Waals surface area contributed by atoms with Crippen molar-refractivity contribution in [2.24, 2.45) is 5.92 Å². The van der Waals surface area contributed by atoms with E-state index in [2.05, 4.69) is 11.9 Å². The quantitative estimate of drug-likeness (QED) is 0.825. The van der Waals surface area contributed by atoms with E-state index < -0.39 is 9.84 Å². The molecule has 3 N–H and O–H groups in total. The zero-order valence-corrected chi connectivity index (χ0v) is 16.2. The number of aryl methyl sites for hydroxylation is 1. The first-order valence-corrected chi connectivity index (χ1v) is 11.6. The fourth-order valence-corrected chi connectivity index (χ4v) is 7.21. The molecular formula is C17H24N3O3S2+. The van der Waals surface area contributed by atoms with Gasteiger partial charge in [0.15, 0.2) is 15.7 Å². The molecule has 0 aromatic carbocycles. The zero-order valence-electron chi connectivity index (χ0n) is 14.5. The minimum atomic E-state index is -2.90. The fraction of sp³-hybridized carbons (Fsp3) is 0.647. The molecule has 2 aliphatic rings. The Morgan fingerprint density at radius 2 is 2.16 bits per heavy atom. The highest BCUT2D eigenvalue weighted by molar-refractivity contribution is 7.91. The Hall–Kier alpha value is -1.25. The number of sulfone groups is 1. The predicted octanol–water partition coefficient (Wildman–Crippen LogP) is 0.921. The Labute approximate surface area is 151 Å². The molecule has 1 saturated heterocycles. The van der Waals surface area contributed by atoms with E-state index >= 15 is 0 Å². The van der Waals surface area contributed by atoms with E-state index in [4.69, 9.17) is 4.98 Å². The molecule has 0 saturated carbocycles. The first-order valence-electron chi connectivity index (χ1n) is 8.92. The SMILES string of the molecule is C[C@H]1CCc2c(sc3nc([C@@H](C)[NH2+][C@@H]4CCS(=O)(=O)C4)[nH]c(=O)c23)C1. The monoisotopic (exact) mass is 382 g/mol. The van der Waals surface area contributed by atoms with E-state index in [1.165, 1.54) is 10.4 Å². The summed E-state index contributed by atoms with van der Waals surface area (Å²) in [5.41, 5.74) is 1.14. The molecule has 136 valence electrons. The molecule has 0 radical (unpaired) electrons. The third-order valence-electron chi connectivity index (χ3n) is 5.44. The van der Waals surface area contributed by atoms with Crippen LogP contribution >= 0.6 is 11.3 Å². The van der Waals surface area contributed by atoms with Crippen LogP contribution in [0.5, 0.6) is 0 Å². The van der Waals surface area contributed by atoms with Gasteiger partial charge in [0.25, 0.3) is 5.56 Å². The van der Waals surface area contributed by atoms with Crippen LogP contribution in [-0.4, -0.2) is 35.9 Å². The molecule has 0 amide bonds. The molecule has 1 aliphatic carbocycles. The molecular weight excluding hydrogens is 358 g/mol. The van der Waals surface area contributed by atoms with Crippen LogP contribution in [0.1, 0.15) is 49.0 Å². The lowest BCUT2D eigenvalue weighted by molar-refractivity contribution is -0.721. The average Bonchev–Trinajstić information content (AvgIpc) is 3.06. The van der Waals surface area contributed by atoms with Gasteiger partial charge in [-0.05, 0) is 37.7 Å². The van der Waals surface area contributed by atoms with E-state index in [0.29, 0.717) is 18.2 Å². The maximum Gasteiger partial charge on any atom is 0.260 e. The smallest absolute Gasteiger partial charge is 0.260 e. The first kappa shape index (κ1) is 17.2. The third kappa shape index (κ3) is 3.27. The Kier molecular flexibility index (Phi) is 4.24. The highest BCUT2D eigenvalue weighted by Gasteiger charge is 2.32. The van der Waals surface area contributed by atoms with Crippen molar-refractivity contribution in [2.45, 2.75) is 51.6 Å². The van der Waals surface area contributed by atoms with Crippen LogP contribution in [-0.2, 0) is 22.7 Å². The highest BCUT2D eigenvalue weighted by atomic mass is 32.2. The third-order valence-corrected chi connectivity index (χ3v) is 8.39. The molecule has 0 bridgehead atoms. The van der Waals surface area contributed by atoms with Crippen molar-refractivity contribution < 1.29 is 13.7 Å². The molecule has 0 unspecified atom stereocenters. The lowest BCUT2D eigenvalue weighted by Gasteiger charge is -2.17. The van der Waals surface area contributed by atoms with Crippen LogP contribution in [0.2, 0.25) is 0 Å². The molecule has 8 heteroatoms. The van der Waals surface area contributed by atoms with Crippen molar-refractivity contribution in [3.8, 4) is 0 Å². The summed E-state index contributed by atoms with van der Waals surface area (Å²) in [6.07, 6.45) is 3.79. The summed E-state index contributed by atoms with van der Waals surface area (Å²) in [4.78, 5) is 22.5. The van der Waals surface area contributed by atoms with Gasteiger partial charge in [-0.2, -0.15) is 0 Å². The summed E-state index contributed by atoms with van der Waals surface area (Å²) < 4.78 is 23.3. The van der Waals surface area contributed by atoms with E-state index in [9.17, 15) is 13.2 Å². The van der Waals surface area contributed by atoms with Gasteiger partial charge in [-0.1, -0.05) is 6.92 Å². The number of thiophene rings is 1. The van der Waals surface area contributed by atoms with Gasteiger partial charge in [-0.25, -0.2) is 13.4 Å². The number of quaternary nitrogens is 1. The van der Waals surface area contributed by atoms with Crippen molar-refractivity contribution in [1.82, 2.24) is 9.97 Å². The van der Waals surface area contributed by atoms with Crippen LogP contribution in [0.4, 0.5) is 0 Å². The zero-order chi connectivity index (χ0) is 17.8. The van der Waals surface area contributed by atoms with Crippen LogP contribution in [0.15, 0.2) is 4.79 Å². The Morgan fingerprint density at radius 1 is 1.36 bits per heavy atom. The molecule has 3 atom stereocenters. The standard InChI is InChI=1S/C17H23N3O3S2/c1-9-3-4-12-13(7-9)24-17-14(12)16(21)19-15(20-17)10(2)18-11-5-6-25(22,23)8-11/h9-11,18H,3-8H2,1-2H3,(H,19,20,21)/p+1/t9-,10+,11+/m0/s1. The molecule has 25 heavy (non-hydrogen) atoms. The predicted molar refractivity (Wildman–Crippen MR) is 98.8 cm³/mol. The van der Waals surface area contributed by atoms with Crippen LogP contribution in [0.25, 0.3) is 10.2 Å². The number of nitrogens with one attached hydrogen (secondary N) is 1. The van der Waals surface area contributed by atoms with Crippen molar-refractivity contribution >= 4 is 31.4 Å². The van der Waals surface area contributed by atoms with Crippen LogP contribution in [0.3, 0.4) is 0 Å². The molecule has 3 heterocycles. The second kappa shape index (κ2) is 6.17. The van der Waals surface area contributed by atoms with Gasteiger partial charge in [-0.15, -0.1) is 11.3 Å². The summed E-state index contributed by atoms with van der Waals surface area (Å²) in [6, 6.07) is -0.00755. The topological polar surface area (TPSA) is 96.5 Å².